The molecule has 1 aromatic heterocycles. The number of nitrogens with one attached hydrogen (secondary N) is 2. The topological polar surface area (TPSA) is 88.9 Å². The fourth-order valence-corrected chi connectivity index (χ4v) is 4.06. The van der Waals surface area contributed by atoms with E-state index in [9.17, 15) is 14.0 Å². The van der Waals surface area contributed by atoms with E-state index in [0.29, 0.717) is 33.3 Å². The Bertz CT molecular complexity index is 1140. The molecule has 0 spiro atoms. The molecule has 0 radical (unpaired) electrons. The van der Waals surface area contributed by atoms with Gasteiger partial charge in [0.25, 0.3) is 5.91 Å². The summed E-state index contributed by atoms with van der Waals surface area (Å²) in [6.45, 7) is 4.15. The molecule has 11 heteroatoms. The van der Waals surface area contributed by atoms with Crippen LogP contribution in [-0.4, -0.2) is 32.3 Å². The van der Waals surface area contributed by atoms with Crippen molar-refractivity contribution in [2.75, 3.05) is 11.1 Å². The molecule has 2 amide bonds. The highest BCUT2D eigenvalue weighted by atomic mass is 35.5. The lowest BCUT2D eigenvalue weighted by atomic mass is 10.2. The number of nitrogens with zero attached hydrogens (tertiary/aromatic N) is 3. The zero-order valence-electron chi connectivity index (χ0n) is 17.2. The summed E-state index contributed by atoms with van der Waals surface area (Å²) >= 11 is 13.2. The van der Waals surface area contributed by atoms with Crippen molar-refractivity contribution in [2.45, 2.75) is 31.6 Å². The van der Waals surface area contributed by atoms with E-state index in [1.165, 1.54) is 30.0 Å². The minimum absolute atomic E-state index is 0.0483. The Hall–Kier alpha value is -2.62. The summed E-state index contributed by atoms with van der Waals surface area (Å²) in [5.74, 6) is -0.869. The van der Waals surface area contributed by atoms with Gasteiger partial charge in [-0.3, -0.25) is 9.59 Å². The number of halogens is 3. The molecule has 2 N–H and O–H groups in total. The van der Waals surface area contributed by atoms with Crippen molar-refractivity contribution in [3.05, 3.63) is 69.7 Å². The molecule has 0 aliphatic rings. The van der Waals surface area contributed by atoms with Crippen LogP contribution in [0.25, 0.3) is 0 Å². The zero-order valence-corrected chi connectivity index (χ0v) is 19.6. The fraction of sp³-hybridized carbons (Fsp3) is 0.238. The maximum absolute atomic E-state index is 13.9. The third-order valence-corrected chi connectivity index (χ3v) is 5.98. The molecule has 7 nitrogen and oxygen atoms in total. The second kappa shape index (κ2) is 10.8. The van der Waals surface area contributed by atoms with Gasteiger partial charge in [0, 0.05) is 11.6 Å². The molecule has 2 aromatic carbocycles. The van der Waals surface area contributed by atoms with Crippen molar-refractivity contribution < 1.29 is 14.0 Å². The summed E-state index contributed by atoms with van der Waals surface area (Å²) in [6, 6.07) is 10.0. The van der Waals surface area contributed by atoms with Gasteiger partial charge in [0.05, 0.1) is 28.1 Å². The van der Waals surface area contributed by atoms with Crippen LogP contribution in [0.1, 0.15) is 36.1 Å². The first-order valence-electron chi connectivity index (χ1n) is 9.66. The average Bonchev–Trinajstić information content (AvgIpc) is 3.18. The van der Waals surface area contributed by atoms with Crippen LogP contribution in [0.2, 0.25) is 10.0 Å². The lowest BCUT2D eigenvalue weighted by molar-refractivity contribution is -0.113. The van der Waals surface area contributed by atoms with Gasteiger partial charge in [-0.1, -0.05) is 47.1 Å². The molecular weight excluding hydrogens is 476 g/mol. The Labute approximate surface area is 198 Å². The highest BCUT2D eigenvalue weighted by Crippen LogP contribution is 2.26. The van der Waals surface area contributed by atoms with Crippen LogP contribution >= 0.6 is 35.0 Å². The van der Waals surface area contributed by atoms with E-state index in [2.05, 4.69) is 20.8 Å². The van der Waals surface area contributed by atoms with Gasteiger partial charge in [-0.2, -0.15) is 0 Å². The molecule has 0 fully saturated rings. The van der Waals surface area contributed by atoms with Crippen molar-refractivity contribution in [3.63, 3.8) is 0 Å². The lowest BCUT2D eigenvalue weighted by Gasteiger charge is -2.15. The molecule has 3 aromatic rings. The third kappa shape index (κ3) is 5.79. The zero-order chi connectivity index (χ0) is 23.3. The van der Waals surface area contributed by atoms with Crippen LogP contribution in [-0.2, 0) is 11.3 Å². The Morgan fingerprint density at radius 3 is 2.66 bits per heavy atom. The molecule has 0 saturated heterocycles. The predicted molar refractivity (Wildman–Crippen MR) is 124 cm³/mol. The number of benzene rings is 2. The second-order valence-corrected chi connectivity index (χ2v) is 8.51. The molecule has 1 heterocycles. The highest BCUT2D eigenvalue weighted by Gasteiger charge is 2.21. The first-order chi connectivity index (χ1) is 15.3. The van der Waals surface area contributed by atoms with Gasteiger partial charge in [0.2, 0.25) is 5.91 Å². The molecule has 168 valence electrons. The highest BCUT2D eigenvalue weighted by molar-refractivity contribution is 7.99. The van der Waals surface area contributed by atoms with E-state index >= 15 is 0 Å². The van der Waals surface area contributed by atoms with Crippen molar-refractivity contribution in [1.82, 2.24) is 20.1 Å². The number of aromatic nitrogens is 3. The minimum atomic E-state index is -0.601. The molecule has 1 atom stereocenters. The number of thioether (sulfide) groups is 1. The van der Waals surface area contributed by atoms with Gasteiger partial charge < -0.3 is 15.2 Å². The maximum Gasteiger partial charge on any atom is 0.254 e. The number of amides is 2. The maximum atomic E-state index is 13.9. The average molecular weight is 496 g/mol. The van der Waals surface area contributed by atoms with Gasteiger partial charge in [0.1, 0.15) is 5.82 Å². The molecule has 0 unspecified atom stereocenters. The van der Waals surface area contributed by atoms with Crippen LogP contribution in [0, 0.1) is 5.82 Å². The molecule has 32 heavy (non-hydrogen) atoms. The standard InChI is InChI=1S/C21H20Cl2FN5O2S/c1-3-29-19(12(2)25-20(31)14-6-4-5-7-16(14)24)27-28-21(29)32-11-18(30)26-17-10-13(22)8-9-15(17)23/h4-10,12H,3,11H2,1-2H3,(H,25,31)(H,26,30)/t12-/m1/s1. The van der Waals surface area contributed by atoms with Gasteiger partial charge in [0.15, 0.2) is 11.0 Å². The number of carbonyl (C=O) groups is 2. The molecule has 0 bridgehead atoms. The summed E-state index contributed by atoms with van der Waals surface area (Å²) in [6.07, 6.45) is 0. The third-order valence-electron chi connectivity index (χ3n) is 4.45. The van der Waals surface area contributed by atoms with Gasteiger partial charge >= 0.3 is 0 Å². The first kappa shape index (κ1) is 24.0. The van der Waals surface area contributed by atoms with E-state index in [1.54, 1.807) is 35.8 Å². The first-order valence-corrected chi connectivity index (χ1v) is 11.4. The van der Waals surface area contributed by atoms with E-state index in [4.69, 9.17) is 23.2 Å². The quantitative estimate of drug-likeness (QED) is 0.430. The normalized spacial score (nSPS) is 11.8. The Morgan fingerprint density at radius 2 is 1.94 bits per heavy atom. The van der Waals surface area contributed by atoms with Crippen LogP contribution in [0.4, 0.5) is 10.1 Å². The van der Waals surface area contributed by atoms with Gasteiger partial charge in [-0.25, -0.2) is 4.39 Å². The number of anilines is 1. The van der Waals surface area contributed by atoms with Crippen molar-refractivity contribution in [2.24, 2.45) is 0 Å². The van der Waals surface area contributed by atoms with Gasteiger partial charge in [-0.05, 0) is 44.2 Å². The van der Waals surface area contributed by atoms with E-state index < -0.39 is 17.8 Å². The number of hydrogen-bond donors (Lipinski definition) is 2. The van der Waals surface area contributed by atoms with E-state index in [1.807, 2.05) is 6.92 Å². The molecule has 0 aliphatic heterocycles. The van der Waals surface area contributed by atoms with Crippen LogP contribution in [0.5, 0.6) is 0 Å². The SMILES string of the molecule is CCn1c(SCC(=O)Nc2cc(Cl)ccc2Cl)nnc1[C@@H](C)NC(=O)c1ccccc1F. The largest absolute Gasteiger partial charge is 0.342 e. The molecular formula is C21H20Cl2FN5O2S. The summed E-state index contributed by atoms with van der Waals surface area (Å²) in [7, 11) is 0. The summed E-state index contributed by atoms with van der Waals surface area (Å²) in [4.78, 5) is 24.7. The van der Waals surface area contributed by atoms with Crippen LogP contribution in [0.15, 0.2) is 47.6 Å². The predicted octanol–water partition coefficient (Wildman–Crippen LogP) is 4.97. The van der Waals surface area contributed by atoms with Crippen LogP contribution in [0.3, 0.4) is 0 Å². The fourth-order valence-electron chi connectivity index (χ4n) is 2.92. The molecule has 3 rings (SSSR count). The van der Waals surface area contributed by atoms with E-state index in [0.717, 1.165) is 0 Å². The smallest absolute Gasteiger partial charge is 0.254 e. The lowest BCUT2D eigenvalue weighted by Crippen LogP contribution is -2.29. The summed E-state index contributed by atoms with van der Waals surface area (Å²) in [5, 5.41) is 15.1. The van der Waals surface area contributed by atoms with Gasteiger partial charge in [-0.15, -0.1) is 10.2 Å². The van der Waals surface area contributed by atoms with Crippen molar-refractivity contribution in [1.29, 1.82) is 0 Å². The molecule has 0 aliphatic carbocycles. The summed E-state index contributed by atoms with van der Waals surface area (Å²) < 4.78 is 15.7. The minimum Gasteiger partial charge on any atom is -0.342 e. The number of rotatable bonds is 8. The second-order valence-electron chi connectivity index (χ2n) is 6.72. The Morgan fingerprint density at radius 1 is 1.19 bits per heavy atom. The number of carbonyl (C=O) groups excluding carboxylic acids is 2. The summed E-state index contributed by atoms with van der Waals surface area (Å²) in [5.41, 5.74) is 0.375. The van der Waals surface area contributed by atoms with E-state index in [-0.39, 0.29) is 17.2 Å². The Kier molecular flexibility index (Phi) is 8.11. The van der Waals surface area contributed by atoms with Crippen molar-refractivity contribution in [3.8, 4) is 0 Å². The van der Waals surface area contributed by atoms with Crippen LogP contribution < -0.4 is 10.6 Å². The van der Waals surface area contributed by atoms with Crippen molar-refractivity contribution >= 4 is 52.5 Å². The monoisotopic (exact) mass is 495 g/mol. The number of hydrogen-bond acceptors (Lipinski definition) is 5. The Balaban J connectivity index is 1.65. The molecule has 0 saturated carbocycles.